The first-order valence-electron chi connectivity index (χ1n) is 11.9. The molecule has 0 aliphatic heterocycles. The molecule has 0 bridgehead atoms. The second-order valence-electron chi connectivity index (χ2n) is 9.53. The SMILES string of the molecule is CCOc1ccc(OCC)c(NC(=O)CSc2ncnc3sc4c(c23)CC[C@@H](C(C)(C)C)C4)c1. The summed E-state index contributed by atoms with van der Waals surface area (Å²) in [5, 5.41) is 5.01. The molecule has 0 saturated heterocycles. The van der Waals surface area contributed by atoms with Gasteiger partial charge in [0.2, 0.25) is 5.91 Å². The third-order valence-electron chi connectivity index (χ3n) is 6.21. The van der Waals surface area contributed by atoms with Crippen LogP contribution in [0, 0.1) is 11.3 Å². The highest BCUT2D eigenvalue weighted by Crippen LogP contribution is 2.44. The third kappa shape index (κ3) is 5.49. The van der Waals surface area contributed by atoms with Gasteiger partial charge in [0.15, 0.2) is 0 Å². The lowest BCUT2D eigenvalue weighted by molar-refractivity contribution is -0.113. The summed E-state index contributed by atoms with van der Waals surface area (Å²) in [4.78, 5) is 24.4. The number of hydrogen-bond acceptors (Lipinski definition) is 7. The van der Waals surface area contributed by atoms with Gasteiger partial charge in [-0.3, -0.25) is 4.79 Å². The van der Waals surface area contributed by atoms with E-state index in [2.05, 4.69) is 36.1 Å². The molecule has 182 valence electrons. The average molecular weight is 500 g/mol. The summed E-state index contributed by atoms with van der Waals surface area (Å²) >= 11 is 3.26. The summed E-state index contributed by atoms with van der Waals surface area (Å²) < 4.78 is 11.3. The van der Waals surface area contributed by atoms with Crippen molar-refractivity contribution >= 4 is 44.9 Å². The van der Waals surface area contributed by atoms with E-state index in [0.29, 0.717) is 41.7 Å². The van der Waals surface area contributed by atoms with Crippen LogP contribution in [0.5, 0.6) is 11.5 Å². The summed E-state index contributed by atoms with van der Waals surface area (Å²) in [5.74, 6) is 2.16. The van der Waals surface area contributed by atoms with Gasteiger partial charge in [-0.15, -0.1) is 11.3 Å². The van der Waals surface area contributed by atoms with Gasteiger partial charge in [-0.05, 0) is 62.1 Å². The molecule has 1 aliphatic carbocycles. The number of amides is 1. The highest BCUT2D eigenvalue weighted by Gasteiger charge is 2.31. The molecule has 1 aromatic carbocycles. The number of carbonyl (C=O) groups is 1. The highest BCUT2D eigenvalue weighted by molar-refractivity contribution is 8.00. The zero-order valence-electron chi connectivity index (χ0n) is 20.6. The Bertz CT molecular complexity index is 1170. The Labute approximate surface area is 209 Å². The molecule has 1 aliphatic rings. The Morgan fingerprint density at radius 1 is 1.21 bits per heavy atom. The molecule has 34 heavy (non-hydrogen) atoms. The van der Waals surface area contributed by atoms with Crippen molar-refractivity contribution in [1.29, 1.82) is 0 Å². The van der Waals surface area contributed by atoms with Gasteiger partial charge in [-0.1, -0.05) is 32.5 Å². The normalized spacial score (nSPS) is 15.7. The van der Waals surface area contributed by atoms with Crippen molar-refractivity contribution in [2.24, 2.45) is 11.3 Å². The van der Waals surface area contributed by atoms with Crippen molar-refractivity contribution in [2.75, 3.05) is 24.3 Å². The lowest BCUT2D eigenvalue weighted by atomic mass is 9.72. The maximum atomic E-state index is 12.9. The van der Waals surface area contributed by atoms with Crippen molar-refractivity contribution in [2.45, 2.75) is 58.9 Å². The monoisotopic (exact) mass is 499 g/mol. The molecule has 4 rings (SSSR count). The summed E-state index contributed by atoms with van der Waals surface area (Å²) in [7, 11) is 0. The van der Waals surface area contributed by atoms with Crippen LogP contribution in [-0.4, -0.2) is 34.8 Å². The van der Waals surface area contributed by atoms with Gasteiger partial charge in [0.25, 0.3) is 0 Å². The van der Waals surface area contributed by atoms with Gasteiger partial charge in [0.1, 0.15) is 27.7 Å². The Kier molecular flexibility index (Phi) is 7.67. The number of aromatic nitrogens is 2. The van der Waals surface area contributed by atoms with E-state index in [9.17, 15) is 4.79 Å². The van der Waals surface area contributed by atoms with Crippen molar-refractivity contribution in [3.63, 3.8) is 0 Å². The molecule has 1 amide bonds. The van der Waals surface area contributed by atoms with Crippen LogP contribution in [0.4, 0.5) is 5.69 Å². The van der Waals surface area contributed by atoms with Gasteiger partial charge in [-0.2, -0.15) is 0 Å². The van der Waals surface area contributed by atoms with Gasteiger partial charge in [0, 0.05) is 16.3 Å². The molecule has 0 fully saturated rings. The van der Waals surface area contributed by atoms with E-state index in [0.717, 1.165) is 28.1 Å². The molecular weight excluding hydrogens is 466 g/mol. The predicted octanol–water partition coefficient (Wildman–Crippen LogP) is 6.37. The highest BCUT2D eigenvalue weighted by atomic mass is 32.2. The number of benzene rings is 1. The number of aryl methyl sites for hydroxylation is 1. The molecule has 1 atom stereocenters. The molecule has 8 heteroatoms. The fourth-order valence-corrected chi connectivity index (χ4v) is 6.55. The second-order valence-corrected chi connectivity index (χ2v) is 11.6. The Hall–Kier alpha value is -2.32. The quantitative estimate of drug-likeness (QED) is 0.287. The molecule has 2 heterocycles. The topological polar surface area (TPSA) is 73.3 Å². The number of ether oxygens (including phenoxy) is 2. The molecule has 2 aromatic heterocycles. The maximum Gasteiger partial charge on any atom is 0.234 e. The van der Waals surface area contributed by atoms with Crippen LogP contribution < -0.4 is 14.8 Å². The molecule has 6 nitrogen and oxygen atoms in total. The number of fused-ring (bicyclic) bond motifs is 3. The predicted molar refractivity (Wildman–Crippen MR) is 141 cm³/mol. The number of nitrogens with zero attached hydrogens (tertiary/aromatic N) is 2. The van der Waals surface area contributed by atoms with E-state index in [1.54, 1.807) is 23.7 Å². The van der Waals surface area contributed by atoms with Crippen molar-refractivity contribution in [3.05, 3.63) is 35.0 Å². The molecule has 0 radical (unpaired) electrons. The first-order valence-corrected chi connectivity index (χ1v) is 13.7. The van der Waals surface area contributed by atoms with E-state index >= 15 is 0 Å². The van der Waals surface area contributed by atoms with Crippen molar-refractivity contribution in [3.8, 4) is 11.5 Å². The zero-order valence-corrected chi connectivity index (χ0v) is 22.2. The van der Waals surface area contributed by atoms with Crippen LogP contribution in [-0.2, 0) is 17.6 Å². The smallest absolute Gasteiger partial charge is 0.234 e. The van der Waals surface area contributed by atoms with Gasteiger partial charge >= 0.3 is 0 Å². The molecule has 0 spiro atoms. The first kappa shape index (κ1) is 24.8. The number of thioether (sulfide) groups is 1. The van der Waals surface area contributed by atoms with Crippen molar-refractivity contribution in [1.82, 2.24) is 9.97 Å². The number of carbonyl (C=O) groups excluding carboxylic acids is 1. The summed E-state index contributed by atoms with van der Waals surface area (Å²) in [6.45, 7) is 11.9. The largest absolute Gasteiger partial charge is 0.494 e. The molecule has 1 N–H and O–H groups in total. The molecule has 0 unspecified atom stereocenters. The van der Waals surface area contributed by atoms with Gasteiger partial charge in [-0.25, -0.2) is 9.97 Å². The van der Waals surface area contributed by atoms with Crippen LogP contribution in [0.2, 0.25) is 0 Å². The first-order chi connectivity index (χ1) is 16.3. The number of rotatable bonds is 8. The van der Waals surface area contributed by atoms with Gasteiger partial charge < -0.3 is 14.8 Å². The minimum Gasteiger partial charge on any atom is -0.494 e. The third-order valence-corrected chi connectivity index (χ3v) is 8.36. The second kappa shape index (κ2) is 10.5. The zero-order chi connectivity index (χ0) is 24.3. The van der Waals surface area contributed by atoms with E-state index in [1.165, 1.54) is 28.6 Å². The van der Waals surface area contributed by atoms with E-state index in [4.69, 9.17) is 9.47 Å². The van der Waals surface area contributed by atoms with Crippen LogP contribution in [0.15, 0.2) is 29.6 Å². The molecular formula is C26H33N3O3S2. The lowest BCUT2D eigenvalue weighted by Crippen LogP contribution is -2.26. The minimum atomic E-state index is -0.108. The maximum absolute atomic E-state index is 12.9. The number of nitrogens with one attached hydrogen (secondary N) is 1. The fourth-order valence-electron chi connectivity index (χ4n) is 4.39. The summed E-state index contributed by atoms with van der Waals surface area (Å²) in [5.41, 5.74) is 2.30. The fraction of sp³-hybridized carbons (Fsp3) is 0.500. The van der Waals surface area contributed by atoms with Crippen LogP contribution in [0.3, 0.4) is 0 Å². The van der Waals surface area contributed by atoms with E-state index in [1.807, 2.05) is 26.0 Å². The van der Waals surface area contributed by atoms with Crippen LogP contribution in [0.1, 0.15) is 51.5 Å². The molecule has 3 aromatic rings. The summed E-state index contributed by atoms with van der Waals surface area (Å²) in [6, 6.07) is 5.48. The molecule has 0 saturated carbocycles. The van der Waals surface area contributed by atoms with E-state index in [-0.39, 0.29) is 11.7 Å². The Morgan fingerprint density at radius 3 is 2.74 bits per heavy atom. The van der Waals surface area contributed by atoms with E-state index < -0.39 is 0 Å². The van der Waals surface area contributed by atoms with Crippen LogP contribution in [0.25, 0.3) is 10.2 Å². The minimum absolute atomic E-state index is 0.108. The lowest BCUT2D eigenvalue weighted by Gasteiger charge is -2.33. The average Bonchev–Trinajstić information content (AvgIpc) is 3.17. The summed E-state index contributed by atoms with van der Waals surface area (Å²) in [6.07, 6.45) is 4.94. The van der Waals surface area contributed by atoms with Crippen LogP contribution >= 0.6 is 23.1 Å². The van der Waals surface area contributed by atoms with Crippen molar-refractivity contribution < 1.29 is 14.3 Å². The number of anilines is 1. The number of hydrogen-bond donors (Lipinski definition) is 1. The Balaban J connectivity index is 1.50. The van der Waals surface area contributed by atoms with Gasteiger partial charge in [0.05, 0.1) is 24.7 Å². The Morgan fingerprint density at radius 2 is 2.00 bits per heavy atom. The standard InChI is InChI=1S/C26H33N3O3S2/c1-6-31-17-9-11-20(32-7-2)19(13-17)29-22(30)14-33-24-23-18-10-8-16(26(3,4)5)12-21(18)34-25(23)28-15-27-24/h9,11,13,15-16H,6-8,10,12,14H2,1-5H3,(H,29,30)/t16-/m1/s1. The number of thiophene rings is 1.